The van der Waals surface area contributed by atoms with Crippen molar-refractivity contribution in [3.63, 3.8) is 0 Å². The molecule has 2 rings (SSSR count). The summed E-state index contributed by atoms with van der Waals surface area (Å²) in [6.45, 7) is 2.14. The molecule has 0 aliphatic carbocycles. The summed E-state index contributed by atoms with van der Waals surface area (Å²) in [4.78, 5) is 0. The quantitative estimate of drug-likeness (QED) is 0.882. The average molecular weight is 258 g/mol. The Kier molecular flexibility index (Phi) is 3.63. The number of benzene rings is 1. The van der Waals surface area contributed by atoms with Crippen LogP contribution in [0.25, 0.3) is 0 Å². The molecule has 0 bridgehead atoms. The molecule has 94 valence electrons. The summed E-state index contributed by atoms with van der Waals surface area (Å²) in [5.74, 6) is 0. The molecular formula is C10H14N2O4S. The van der Waals surface area contributed by atoms with Crippen molar-refractivity contribution in [2.75, 3.05) is 5.17 Å². The maximum absolute atomic E-state index is 10.9. The van der Waals surface area contributed by atoms with Gasteiger partial charge in [0.1, 0.15) is 0 Å². The van der Waals surface area contributed by atoms with Crippen molar-refractivity contribution in [2.45, 2.75) is 26.2 Å². The maximum atomic E-state index is 10.9. The van der Waals surface area contributed by atoms with Crippen LogP contribution in [-0.4, -0.2) is 8.42 Å². The standard InChI is InChI=1S/C10H14N2O4S/c1-2-3-4-9-5-7-10(8-6-9)12-11-15-17(13,14)16-12/h5-8,11H,2-4H2,1H3. The highest BCUT2D eigenvalue weighted by Crippen LogP contribution is 2.19. The van der Waals surface area contributed by atoms with E-state index in [0.717, 1.165) is 24.4 Å². The summed E-state index contributed by atoms with van der Waals surface area (Å²) >= 11 is 0. The number of rotatable bonds is 4. The number of hydrogen-bond acceptors (Lipinski definition) is 6. The minimum Gasteiger partial charge on any atom is -0.165 e. The molecule has 1 heterocycles. The van der Waals surface area contributed by atoms with E-state index < -0.39 is 10.4 Å². The molecule has 1 fully saturated rings. The average Bonchev–Trinajstić information content (AvgIpc) is 2.68. The van der Waals surface area contributed by atoms with Crippen molar-refractivity contribution in [3.05, 3.63) is 29.8 Å². The third kappa shape index (κ3) is 3.16. The molecule has 1 N–H and O–H groups in total. The number of anilines is 1. The number of aryl methyl sites for hydroxylation is 1. The molecule has 0 saturated carbocycles. The van der Waals surface area contributed by atoms with Crippen molar-refractivity contribution in [3.8, 4) is 0 Å². The van der Waals surface area contributed by atoms with Gasteiger partial charge in [0.15, 0.2) is 0 Å². The van der Waals surface area contributed by atoms with Gasteiger partial charge >= 0.3 is 10.4 Å². The van der Waals surface area contributed by atoms with Gasteiger partial charge in [0, 0.05) is 0 Å². The number of nitrogens with one attached hydrogen (secondary N) is 1. The lowest BCUT2D eigenvalue weighted by molar-refractivity contribution is 0.198. The fourth-order valence-electron chi connectivity index (χ4n) is 1.48. The Balaban J connectivity index is 2.03. The van der Waals surface area contributed by atoms with Crippen LogP contribution in [0.2, 0.25) is 0 Å². The molecule has 17 heavy (non-hydrogen) atoms. The lowest BCUT2D eigenvalue weighted by Crippen LogP contribution is -2.28. The van der Waals surface area contributed by atoms with Crippen LogP contribution < -0.4 is 10.8 Å². The summed E-state index contributed by atoms with van der Waals surface area (Å²) < 4.78 is 30.5. The van der Waals surface area contributed by atoms with Crippen LogP contribution in [0.15, 0.2) is 24.3 Å². The first kappa shape index (κ1) is 12.3. The number of hydrazine groups is 1. The maximum Gasteiger partial charge on any atom is 0.440 e. The number of unbranched alkanes of at least 4 members (excludes halogenated alkanes) is 1. The Morgan fingerprint density at radius 3 is 2.53 bits per heavy atom. The van der Waals surface area contributed by atoms with Gasteiger partial charge in [-0.15, -0.1) is 13.7 Å². The van der Waals surface area contributed by atoms with Gasteiger partial charge in [-0.25, -0.2) is 0 Å². The topological polar surface area (TPSA) is 67.9 Å². The predicted octanol–water partition coefficient (Wildman–Crippen LogP) is 1.46. The molecule has 1 aliphatic rings. The van der Waals surface area contributed by atoms with E-state index in [9.17, 15) is 8.42 Å². The molecule has 7 heteroatoms. The van der Waals surface area contributed by atoms with E-state index in [1.165, 1.54) is 5.56 Å². The molecular weight excluding hydrogens is 244 g/mol. The molecule has 0 spiro atoms. The van der Waals surface area contributed by atoms with Crippen LogP contribution in [-0.2, 0) is 25.4 Å². The van der Waals surface area contributed by atoms with Crippen molar-refractivity contribution in [1.29, 1.82) is 0 Å². The molecule has 1 saturated heterocycles. The first-order chi connectivity index (χ1) is 8.11. The summed E-state index contributed by atoms with van der Waals surface area (Å²) in [5.41, 5.74) is 3.92. The second kappa shape index (κ2) is 5.01. The van der Waals surface area contributed by atoms with E-state index in [2.05, 4.69) is 21.1 Å². The summed E-state index contributed by atoms with van der Waals surface area (Å²) in [7, 11) is -3.95. The molecule has 1 aromatic rings. The van der Waals surface area contributed by atoms with Gasteiger partial charge in [-0.1, -0.05) is 31.1 Å². The second-order valence-electron chi connectivity index (χ2n) is 3.72. The summed E-state index contributed by atoms with van der Waals surface area (Å²) in [5, 5.41) is 0.957. The van der Waals surface area contributed by atoms with Gasteiger partial charge in [-0.05, 0) is 30.5 Å². The minimum absolute atomic E-state index is 0.561. The van der Waals surface area contributed by atoms with Gasteiger partial charge in [-0.2, -0.15) is 8.42 Å². The van der Waals surface area contributed by atoms with Crippen molar-refractivity contribution in [2.24, 2.45) is 0 Å². The molecule has 0 radical (unpaired) electrons. The Bertz CT molecular complexity index is 472. The monoisotopic (exact) mass is 258 g/mol. The SMILES string of the molecule is CCCCc1ccc(N2NOS(=O)(=O)O2)cc1. The molecule has 1 aliphatic heterocycles. The first-order valence-electron chi connectivity index (χ1n) is 5.38. The van der Waals surface area contributed by atoms with Gasteiger partial charge in [-0.3, -0.25) is 0 Å². The zero-order valence-electron chi connectivity index (χ0n) is 9.42. The van der Waals surface area contributed by atoms with Gasteiger partial charge in [0.05, 0.1) is 5.69 Å². The van der Waals surface area contributed by atoms with Gasteiger partial charge in [0.2, 0.25) is 0 Å². The molecule has 6 nitrogen and oxygen atoms in total. The van der Waals surface area contributed by atoms with Crippen LogP contribution >= 0.6 is 0 Å². The van der Waals surface area contributed by atoms with Crippen molar-refractivity contribution < 1.29 is 17.0 Å². The van der Waals surface area contributed by atoms with Crippen molar-refractivity contribution in [1.82, 2.24) is 5.59 Å². The van der Waals surface area contributed by atoms with E-state index in [0.29, 0.717) is 5.69 Å². The zero-order valence-corrected chi connectivity index (χ0v) is 10.2. The second-order valence-corrected chi connectivity index (χ2v) is 4.85. The smallest absolute Gasteiger partial charge is 0.165 e. The van der Waals surface area contributed by atoms with Crippen LogP contribution in [0.1, 0.15) is 25.3 Å². The van der Waals surface area contributed by atoms with Crippen LogP contribution in [0, 0.1) is 0 Å². The highest BCUT2D eigenvalue weighted by atomic mass is 32.3. The van der Waals surface area contributed by atoms with Crippen molar-refractivity contribution >= 4 is 16.1 Å². The Morgan fingerprint density at radius 1 is 1.29 bits per heavy atom. The molecule has 0 unspecified atom stereocenters. The van der Waals surface area contributed by atoms with E-state index in [1.54, 1.807) is 12.1 Å². The Hall–Kier alpha value is -1.15. The van der Waals surface area contributed by atoms with Gasteiger partial charge < -0.3 is 0 Å². The first-order valence-corrected chi connectivity index (χ1v) is 6.72. The van der Waals surface area contributed by atoms with Gasteiger partial charge in [0.25, 0.3) is 0 Å². The molecule has 1 aromatic carbocycles. The van der Waals surface area contributed by atoms with Crippen LogP contribution in [0.4, 0.5) is 5.69 Å². The van der Waals surface area contributed by atoms with E-state index in [4.69, 9.17) is 0 Å². The third-order valence-electron chi connectivity index (χ3n) is 2.38. The number of nitrogens with zero attached hydrogens (tertiary/aromatic N) is 1. The van der Waals surface area contributed by atoms with E-state index >= 15 is 0 Å². The molecule has 0 amide bonds. The highest BCUT2D eigenvalue weighted by molar-refractivity contribution is 7.82. The Labute approximate surface area is 100 Å². The molecule has 0 atom stereocenters. The largest absolute Gasteiger partial charge is 0.440 e. The number of hydrogen-bond donors (Lipinski definition) is 1. The van der Waals surface area contributed by atoms with E-state index in [1.807, 2.05) is 12.1 Å². The fraction of sp³-hybridized carbons (Fsp3) is 0.400. The normalized spacial score (nSPS) is 18.5. The minimum atomic E-state index is -3.95. The van der Waals surface area contributed by atoms with E-state index in [-0.39, 0.29) is 0 Å². The Morgan fingerprint density at radius 2 is 2.00 bits per heavy atom. The summed E-state index contributed by atoms with van der Waals surface area (Å²) in [6.07, 6.45) is 3.29. The third-order valence-corrected chi connectivity index (χ3v) is 2.99. The summed E-state index contributed by atoms with van der Waals surface area (Å²) in [6, 6.07) is 7.40. The van der Waals surface area contributed by atoms with Crippen LogP contribution in [0.3, 0.4) is 0 Å². The predicted molar refractivity (Wildman–Crippen MR) is 61.8 cm³/mol. The lowest BCUT2D eigenvalue weighted by Gasteiger charge is -2.11. The lowest BCUT2D eigenvalue weighted by atomic mass is 10.1. The molecule has 0 aromatic heterocycles. The van der Waals surface area contributed by atoms with Crippen LogP contribution in [0.5, 0.6) is 0 Å². The fourth-order valence-corrected chi connectivity index (χ4v) is 1.96. The highest BCUT2D eigenvalue weighted by Gasteiger charge is 2.28. The zero-order chi connectivity index (χ0) is 12.3.